The SMILES string of the molecule is Cc1cc(F)c[c-]c1-c1ccccn1.[Ir]. The first kappa shape index (κ1) is 12.0. The molecule has 0 bridgehead atoms. The molecule has 0 aliphatic carbocycles. The summed E-state index contributed by atoms with van der Waals surface area (Å²) in [5.41, 5.74) is 2.53. The van der Waals surface area contributed by atoms with Crippen molar-refractivity contribution in [3.05, 3.63) is 54.0 Å². The normalized spacial score (nSPS) is 9.47. The standard InChI is InChI=1S/C12H9FN.Ir/c1-9-8-10(13)5-6-11(9)12-4-2-3-7-14-12;/h2-5,7-8H,1H3;/q-1;. The summed E-state index contributed by atoms with van der Waals surface area (Å²) in [5.74, 6) is -0.262. The number of hydrogen-bond donors (Lipinski definition) is 0. The summed E-state index contributed by atoms with van der Waals surface area (Å²) >= 11 is 0. The minimum atomic E-state index is -0.262. The Morgan fingerprint density at radius 3 is 2.73 bits per heavy atom. The van der Waals surface area contributed by atoms with E-state index in [1.165, 1.54) is 12.1 Å². The van der Waals surface area contributed by atoms with Crippen LogP contribution in [-0.4, -0.2) is 4.98 Å². The number of nitrogens with zero attached hydrogens (tertiary/aromatic N) is 1. The van der Waals surface area contributed by atoms with Crippen LogP contribution < -0.4 is 0 Å². The molecule has 0 N–H and O–H groups in total. The molecule has 1 nitrogen and oxygen atoms in total. The second-order valence-corrected chi connectivity index (χ2v) is 3.09. The van der Waals surface area contributed by atoms with Gasteiger partial charge >= 0.3 is 0 Å². The van der Waals surface area contributed by atoms with E-state index in [-0.39, 0.29) is 25.9 Å². The molecule has 0 unspecified atom stereocenters. The maximum absolute atomic E-state index is 12.8. The van der Waals surface area contributed by atoms with Crippen LogP contribution in [0.4, 0.5) is 4.39 Å². The Balaban J connectivity index is 0.00000112. The molecule has 1 aromatic carbocycles. The molecule has 0 atom stereocenters. The van der Waals surface area contributed by atoms with Crippen molar-refractivity contribution in [2.24, 2.45) is 0 Å². The molecule has 2 rings (SSSR count). The number of rotatable bonds is 1. The van der Waals surface area contributed by atoms with E-state index in [0.29, 0.717) is 0 Å². The predicted molar refractivity (Wildman–Crippen MR) is 53.2 cm³/mol. The van der Waals surface area contributed by atoms with Gasteiger partial charge in [0.2, 0.25) is 0 Å². The third-order valence-corrected chi connectivity index (χ3v) is 2.02. The van der Waals surface area contributed by atoms with Crippen molar-refractivity contribution in [3.8, 4) is 11.3 Å². The first-order valence-electron chi connectivity index (χ1n) is 4.36. The van der Waals surface area contributed by atoms with Crippen LogP contribution in [0, 0.1) is 18.8 Å². The second kappa shape index (κ2) is 5.15. The van der Waals surface area contributed by atoms with Crippen LogP contribution in [0.15, 0.2) is 36.5 Å². The zero-order chi connectivity index (χ0) is 9.97. The van der Waals surface area contributed by atoms with E-state index in [1.807, 2.05) is 25.1 Å². The Labute approximate surface area is 102 Å². The molecule has 2 aromatic rings. The molecule has 15 heavy (non-hydrogen) atoms. The fourth-order valence-corrected chi connectivity index (χ4v) is 1.36. The van der Waals surface area contributed by atoms with E-state index in [2.05, 4.69) is 11.1 Å². The van der Waals surface area contributed by atoms with Crippen LogP contribution >= 0.6 is 0 Å². The Morgan fingerprint density at radius 2 is 2.13 bits per heavy atom. The topological polar surface area (TPSA) is 12.9 Å². The van der Waals surface area contributed by atoms with Crippen molar-refractivity contribution in [2.75, 3.05) is 0 Å². The average molecular weight is 378 g/mol. The molecule has 0 spiro atoms. The number of benzene rings is 1. The number of hydrogen-bond acceptors (Lipinski definition) is 1. The summed E-state index contributed by atoms with van der Waals surface area (Å²) < 4.78 is 12.8. The van der Waals surface area contributed by atoms with Crippen molar-refractivity contribution in [1.82, 2.24) is 4.98 Å². The molecule has 1 heterocycles. The van der Waals surface area contributed by atoms with Gasteiger partial charge in [0.05, 0.1) is 0 Å². The second-order valence-electron chi connectivity index (χ2n) is 3.09. The molecule has 0 aliphatic rings. The zero-order valence-corrected chi connectivity index (χ0v) is 10.5. The Bertz CT molecular complexity index is 443. The minimum Gasteiger partial charge on any atom is -0.305 e. The molecule has 0 amide bonds. The van der Waals surface area contributed by atoms with E-state index in [9.17, 15) is 4.39 Å². The van der Waals surface area contributed by atoms with E-state index in [4.69, 9.17) is 0 Å². The molecular weight excluding hydrogens is 369 g/mol. The molecule has 0 aliphatic heterocycles. The summed E-state index contributed by atoms with van der Waals surface area (Å²) in [6, 6.07) is 11.3. The maximum atomic E-state index is 12.8. The quantitative estimate of drug-likeness (QED) is 0.696. The third kappa shape index (κ3) is 2.71. The van der Waals surface area contributed by atoms with Crippen molar-refractivity contribution in [3.63, 3.8) is 0 Å². The average Bonchev–Trinajstić information content (AvgIpc) is 2.19. The van der Waals surface area contributed by atoms with Gasteiger partial charge in [-0.25, -0.2) is 0 Å². The molecule has 79 valence electrons. The first-order chi connectivity index (χ1) is 6.77. The fraction of sp³-hybridized carbons (Fsp3) is 0.0833. The van der Waals surface area contributed by atoms with E-state index in [1.54, 1.807) is 6.20 Å². The monoisotopic (exact) mass is 379 g/mol. The van der Waals surface area contributed by atoms with E-state index >= 15 is 0 Å². The molecule has 1 aromatic heterocycles. The van der Waals surface area contributed by atoms with Crippen LogP contribution in [0.5, 0.6) is 0 Å². The smallest absolute Gasteiger partial charge is 0.0382 e. The fourth-order valence-electron chi connectivity index (χ4n) is 1.36. The van der Waals surface area contributed by atoms with Crippen LogP contribution in [0.2, 0.25) is 0 Å². The van der Waals surface area contributed by atoms with Gasteiger partial charge < -0.3 is 4.98 Å². The first-order valence-corrected chi connectivity index (χ1v) is 4.36. The Morgan fingerprint density at radius 1 is 1.33 bits per heavy atom. The molecule has 0 saturated carbocycles. The third-order valence-electron chi connectivity index (χ3n) is 2.02. The Hall–Kier alpha value is -1.05. The van der Waals surface area contributed by atoms with Crippen LogP contribution in [0.3, 0.4) is 0 Å². The van der Waals surface area contributed by atoms with Crippen molar-refractivity contribution in [1.29, 1.82) is 0 Å². The summed E-state index contributed by atoms with van der Waals surface area (Å²) in [7, 11) is 0. The summed E-state index contributed by atoms with van der Waals surface area (Å²) in [5, 5.41) is 0. The minimum absolute atomic E-state index is 0. The van der Waals surface area contributed by atoms with E-state index < -0.39 is 0 Å². The van der Waals surface area contributed by atoms with Gasteiger partial charge in [0.25, 0.3) is 0 Å². The van der Waals surface area contributed by atoms with Gasteiger partial charge in [-0.05, 0) is 11.8 Å². The van der Waals surface area contributed by atoms with Gasteiger partial charge in [-0.15, -0.1) is 29.3 Å². The molecule has 0 fully saturated rings. The summed E-state index contributed by atoms with van der Waals surface area (Å²) in [6.07, 6.45) is 1.71. The van der Waals surface area contributed by atoms with Crippen LogP contribution in [-0.2, 0) is 20.1 Å². The van der Waals surface area contributed by atoms with Crippen LogP contribution in [0.25, 0.3) is 11.3 Å². The van der Waals surface area contributed by atoms with Gasteiger partial charge in [0.15, 0.2) is 0 Å². The number of aromatic nitrogens is 1. The molecule has 1 radical (unpaired) electrons. The molecule has 0 saturated heterocycles. The Kier molecular flexibility index (Phi) is 4.13. The number of halogens is 1. The van der Waals surface area contributed by atoms with Gasteiger partial charge in [0, 0.05) is 32.1 Å². The number of aryl methyl sites for hydroxylation is 1. The van der Waals surface area contributed by atoms with E-state index in [0.717, 1.165) is 16.8 Å². The maximum Gasteiger partial charge on any atom is 0.0382 e. The molecular formula is C12H9FIrN-. The zero-order valence-electron chi connectivity index (χ0n) is 8.12. The van der Waals surface area contributed by atoms with Gasteiger partial charge in [-0.3, -0.25) is 4.39 Å². The van der Waals surface area contributed by atoms with Gasteiger partial charge in [0.1, 0.15) is 0 Å². The largest absolute Gasteiger partial charge is 0.305 e. The van der Waals surface area contributed by atoms with Crippen molar-refractivity contribution >= 4 is 0 Å². The van der Waals surface area contributed by atoms with Gasteiger partial charge in [-0.1, -0.05) is 19.1 Å². The van der Waals surface area contributed by atoms with Crippen LogP contribution in [0.1, 0.15) is 5.56 Å². The van der Waals surface area contributed by atoms with Crippen molar-refractivity contribution in [2.45, 2.75) is 6.92 Å². The predicted octanol–water partition coefficient (Wildman–Crippen LogP) is 2.99. The van der Waals surface area contributed by atoms with Gasteiger partial charge in [-0.2, -0.15) is 0 Å². The summed E-state index contributed by atoms with van der Waals surface area (Å²) in [4.78, 5) is 4.19. The van der Waals surface area contributed by atoms with Crippen molar-refractivity contribution < 1.29 is 24.5 Å². The number of pyridine rings is 1. The molecule has 3 heteroatoms. The summed E-state index contributed by atoms with van der Waals surface area (Å²) in [6.45, 7) is 1.85.